The second-order valence-electron chi connectivity index (χ2n) is 16.8. The third-order valence-electron chi connectivity index (χ3n) is 10.9. The Morgan fingerprint density at radius 3 is 1.20 bits per heavy atom. The molecule has 0 aromatic heterocycles. The van der Waals surface area contributed by atoms with E-state index in [4.69, 9.17) is 18.5 Å². The fraction of sp³-hybridized carbons (Fsp3) is 0.843. The molecule has 352 valence electrons. The minimum absolute atomic E-state index is 0.0000890. The van der Waals surface area contributed by atoms with E-state index >= 15 is 0 Å². The fourth-order valence-corrected chi connectivity index (χ4v) is 7.94. The average Bonchev–Trinajstić information content (AvgIpc) is 3.23. The van der Waals surface area contributed by atoms with Gasteiger partial charge in [0, 0.05) is 12.8 Å². The molecule has 0 aliphatic rings. The topological polar surface area (TPSA) is 108 Å². The van der Waals surface area contributed by atoms with Crippen molar-refractivity contribution >= 4 is 19.8 Å². The van der Waals surface area contributed by atoms with Gasteiger partial charge in [0.25, 0.3) is 0 Å². The Bertz CT molecular complexity index is 1070. The van der Waals surface area contributed by atoms with Crippen molar-refractivity contribution in [1.82, 2.24) is 0 Å². The molecule has 60 heavy (non-hydrogen) atoms. The summed E-state index contributed by atoms with van der Waals surface area (Å²) in [6.45, 7) is 5.49. The summed E-state index contributed by atoms with van der Waals surface area (Å²) < 4.78 is 32.8. The molecule has 0 saturated carbocycles. The van der Waals surface area contributed by atoms with Crippen molar-refractivity contribution < 1.29 is 37.6 Å². The number of phosphoric acid groups is 1. The number of hydrogen-bond acceptors (Lipinski definition) is 7. The Morgan fingerprint density at radius 2 is 0.800 bits per heavy atom. The highest BCUT2D eigenvalue weighted by Crippen LogP contribution is 2.43. The lowest BCUT2D eigenvalue weighted by Crippen LogP contribution is -2.29. The molecule has 0 fully saturated rings. The number of rotatable bonds is 47. The van der Waals surface area contributed by atoms with Crippen LogP contribution >= 0.6 is 7.82 Å². The Hall–Kier alpha value is -1.73. The van der Waals surface area contributed by atoms with Crippen molar-refractivity contribution in [2.45, 2.75) is 258 Å². The van der Waals surface area contributed by atoms with Gasteiger partial charge in [0.15, 0.2) is 6.10 Å². The minimum Gasteiger partial charge on any atom is -0.462 e. The monoisotopic (exact) mass is 867 g/mol. The summed E-state index contributed by atoms with van der Waals surface area (Å²) in [5.74, 6) is -0.796. The van der Waals surface area contributed by atoms with Crippen LogP contribution in [0.25, 0.3) is 0 Å². The van der Waals surface area contributed by atoms with Crippen molar-refractivity contribution in [3.8, 4) is 0 Å². The molecular weight excluding hydrogens is 772 g/mol. The SMILES string of the molecule is CCCCCCC/C=C\C/C=C\CCCCCCCCCCCCCC(=O)OC(COC(=O)CCCCCCCCC/C=C\CCCCCCCC)COP(=O)(O)OCC. The van der Waals surface area contributed by atoms with Crippen molar-refractivity contribution in [3.05, 3.63) is 36.5 Å². The Balaban J connectivity index is 3.98. The third-order valence-corrected chi connectivity index (χ3v) is 12.0. The summed E-state index contributed by atoms with van der Waals surface area (Å²) in [4.78, 5) is 34.9. The van der Waals surface area contributed by atoms with Gasteiger partial charge < -0.3 is 14.4 Å². The van der Waals surface area contributed by atoms with E-state index in [1.54, 1.807) is 6.92 Å². The van der Waals surface area contributed by atoms with Gasteiger partial charge >= 0.3 is 19.8 Å². The number of hydrogen-bond donors (Lipinski definition) is 1. The second kappa shape index (κ2) is 46.8. The summed E-state index contributed by atoms with van der Waals surface area (Å²) in [6.07, 6.45) is 54.9. The molecule has 0 spiro atoms. The summed E-state index contributed by atoms with van der Waals surface area (Å²) in [5, 5.41) is 0. The van der Waals surface area contributed by atoms with Crippen molar-refractivity contribution in [3.63, 3.8) is 0 Å². The van der Waals surface area contributed by atoms with Crippen LogP contribution in [0.15, 0.2) is 36.5 Å². The molecule has 8 nitrogen and oxygen atoms in total. The van der Waals surface area contributed by atoms with Crippen LogP contribution in [0.2, 0.25) is 0 Å². The van der Waals surface area contributed by atoms with E-state index in [9.17, 15) is 19.0 Å². The summed E-state index contributed by atoms with van der Waals surface area (Å²) in [7, 11) is -4.29. The maximum atomic E-state index is 12.6. The zero-order valence-electron chi connectivity index (χ0n) is 39.4. The molecule has 0 aliphatic heterocycles. The van der Waals surface area contributed by atoms with E-state index < -0.39 is 26.5 Å². The molecule has 0 radical (unpaired) electrons. The first-order chi connectivity index (χ1) is 29.3. The van der Waals surface area contributed by atoms with Crippen LogP contribution in [0, 0.1) is 0 Å². The fourth-order valence-electron chi connectivity index (χ4n) is 7.19. The smallest absolute Gasteiger partial charge is 0.462 e. The maximum absolute atomic E-state index is 12.6. The van der Waals surface area contributed by atoms with Crippen LogP contribution in [0.4, 0.5) is 0 Å². The van der Waals surface area contributed by atoms with Crippen LogP contribution in [0.5, 0.6) is 0 Å². The molecule has 0 aromatic carbocycles. The molecule has 0 aliphatic carbocycles. The van der Waals surface area contributed by atoms with E-state index in [0.29, 0.717) is 6.42 Å². The van der Waals surface area contributed by atoms with Gasteiger partial charge in [-0.1, -0.05) is 198 Å². The lowest BCUT2D eigenvalue weighted by atomic mass is 10.0. The van der Waals surface area contributed by atoms with E-state index in [0.717, 1.165) is 38.5 Å². The lowest BCUT2D eigenvalue weighted by Gasteiger charge is -2.19. The number of phosphoric ester groups is 1. The molecule has 0 amide bonds. The quantitative estimate of drug-likeness (QED) is 0.0279. The average molecular weight is 867 g/mol. The molecular formula is C51H95O8P. The molecule has 0 rings (SSSR count). The molecule has 1 N–H and O–H groups in total. The van der Waals surface area contributed by atoms with Crippen LogP contribution in [0.1, 0.15) is 252 Å². The highest BCUT2D eigenvalue weighted by Gasteiger charge is 2.25. The molecule has 0 bridgehead atoms. The van der Waals surface area contributed by atoms with Crippen LogP contribution in [-0.2, 0) is 32.7 Å². The van der Waals surface area contributed by atoms with Gasteiger partial charge in [-0.15, -0.1) is 0 Å². The van der Waals surface area contributed by atoms with Gasteiger partial charge in [0.05, 0.1) is 13.2 Å². The molecule has 0 heterocycles. The van der Waals surface area contributed by atoms with Gasteiger partial charge in [-0.3, -0.25) is 18.6 Å². The highest BCUT2D eigenvalue weighted by atomic mass is 31.2. The first-order valence-electron chi connectivity index (χ1n) is 25.3. The summed E-state index contributed by atoms with van der Waals surface area (Å²) in [6, 6.07) is 0. The Labute approximate surface area is 370 Å². The minimum atomic E-state index is -4.29. The van der Waals surface area contributed by atoms with Crippen molar-refractivity contribution in [2.75, 3.05) is 19.8 Å². The van der Waals surface area contributed by atoms with E-state index in [1.165, 1.54) is 173 Å². The van der Waals surface area contributed by atoms with Gasteiger partial charge in [-0.2, -0.15) is 0 Å². The summed E-state index contributed by atoms with van der Waals surface area (Å²) >= 11 is 0. The van der Waals surface area contributed by atoms with Crippen LogP contribution in [-0.4, -0.2) is 42.8 Å². The molecule has 9 heteroatoms. The number of esters is 2. The summed E-state index contributed by atoms with van der Waals surface area (Å²) in [5.41, 5.74) is 0. The first kappa shape index (κ1) is 58.3. The van der Waals surface area contributed by atoms with Crippen molar-refractivity contribution in [1.29, 1.82) is 0 Å². The number of ether oxygens (including phenoxy) is 2. The van der Waals surface area contributed by atoms with Gasteiger partial charge in [-0.05, 0) is 77.6 Å². The van der Waals surface area contributed by atoms with Crippen molar-refractivity contribution in [2.24, 2.45) is 0 Å². The molecule has 2 atom stereocenters. The zero-order chi connectivity index (χ0) is 43.9. The first-order valence-corrected chi connectivity index (χ1v) is 26.8. The largest absolute Gasteiger partial charge is 0.472 e. The van der Waals surface area contributed by atoms with Crippen LogP contribution in [0.3, 0.4) is 0 Å². The van der Waals surface area contributed by atoms with E-state index in [-0.39, 0.29) is 32.0 Å². The van der Waals surface area contributed by atoms with Gasteiger partial charge in [-0.25, -0.2) is 4.57 Å². The molecule has 0 aromatic rings. The predicted octanol–water partition coefficient (Wildman–Crippen LogP) is 16.3. The normalized spacial score (nSPS) is 13.5. The molecule has 2 unspecified atom stereocenters. The lowest BCUT2D eigenvalue weighted by molar-refractivity contribution is -0.161. The van der Waals surface area contributed by atoms with Gasteiger partial charge in [0.1, 0.15) is 6.61 Å². The number of allylic oxidation sites excluding steroid dienone is 6. The Morgan fingerprint density at radius 1 is 0.450 bits per heavy atom. The third kappa shape index (κ3) is 45.8. The second-order valence-corrected chi connectivity index (χ2v) is 18.3. The number of carbonyl (C=O) groups excluding carboxylic acids is 2. The predicted molar refractivity (Wildman–Crippen MR) is 253 cm³/mol. The van der Waals surface area contributed by atoms with E-state index in [1.807, 2.05) is 0 Å². The highest BCUT2D eigenvalue weighted by molar-refractivity contribution is 7.47. The standard InChI is InChI=1S/C51H95O8P/c1-4-7-9-11-13-15-17-19-21-23-24-25-26-27-28-30-32-34-36-38-40-42-44-46-51(53)59-49(48-58-60(54,55)57-6-3)47-56-50(52)45-43-41-39-37-35-33-31-29-22-20-18-16-14-12-10-8-5-2/h17,19-20,22-24,49H,4-16,18,21,25-48H2,1-3H3,(H,54,55)/b19-17-,22-20-,24-23-. The number of carbonyl (C=O) groups is 2. The van der Waals surface area contributed by atoms with E-state index in [2.05, 4.69) is 50.3 Å². The number of unbranched alkanes of at least 4 members (excludes halogenated alkanes) is 29. The van der Waals surface area contributed by atoms with Crippen LogP contribution < -0.4 is 0 Å². The molecule has 0 saturated heterocycles. The zero-order valence-corrected chi connectivity index (χ0v) is 40.3. The Kier molecular flexibility index (Phi) is 45.4. The van der Waals surface area contributed by atoms with Gasteiger partial charge in [0.2, 0.25) is 0 Å². The maximum Gasteiger partial charge on any atom is 0.472 e.